The molecule has 0 spiro atoms. The SMILES string of the molecule is CCc1cccc(Cl)c1NC(=O)c1ccc2nc(NC(=O)NCc3ccccc3Br)sc2c1. The van der Waals surface area contributed by atoms with Gasteiger partial charge in [0.15, 0.2) is 5.13 Å². The number of aromatic nitrogens is 1. The number of aryl methyl sites for hydroxylation is 1. The second-order valence-electron chi connectivity index (χ2n) is 7.18. The molecule has 3 amide bonds. The number of nitrogens with one attached hydrogen (secondary N) is 3. The fourth-order valence-electron chi connectivity index (χ4n) is 3.27. The Kier molecular flexibility index (Phi) is 7.27. The topological polar surface area (TPSA) is 83.1 Å². The zero-order valence-corrected chi connectivity index (χ0v) is 20.8. The lowest BCUT2D eigenvalue weighted by Gasteiger charge is -2.11. The number of carbonyl (C=O) groups is 2. The summed E-state index contributed by atoms with van der Waals surface area (Å²) < 4.78 is 1.72. The van der Waals surface area contributed by atoms with Gasteiger partial charge in [0.1, 0.15) is 0 Å². The molecule has 3 N–H and O–H groups in total. The van der Waals surface area contributed by atoms with E-state index in [2.05, 4.69) is 36.9 Å². The number of carbonyl (C=O) groups excluding carboxylic acids is 2. The first kappa shape index (κ1) is 23.2. The number of benzene rings is 3. The fourth-order valence-corrected chi connectivity index (χ4v) is 4.83. The highest BCUT2D eigenvalue weighted by Gasteiger charge is 2.14. The van der Waals surface area contributed by atoms with E-state index in [1.165, 1.54) is 11.3 Å². The van der Waals surface area contributed by atoms with Gasteiger partial charge in [0.25, 0.3) is 5.91 Å². The van der Waals surface area contributed by atoms with E-state index in [4.69, 9.17) is 11.6 Å². The Morgan fingerprint density at radius 1 is 1.03 bits per heavy atom. The molecule has 0 unspecified atom stereocenters. The first-order valence-electron chi connectivity index (χ1n) is 10.2. The lowest BCUT2D eigenvalue weighted by Crippen LogP contribution is -2.28. The van der Waals surface area contributed by atoms with Crippen LogP contribution in [0.15, 0.2) is 65.1 Å². The number of para-hydroxylation sites is 1. The number of hydrogen-bond acceptors (Lipinski definition) is 4. The van der Waals surface area contributed by atoms with E-state index >= 15 is 0 Å². The molecule has 0 aliphatic rings. The quantitative estimate of drug-likeness (QED) is 0.249. The number of rotatable bonds is 6. The highest BCUT2D eigenvalue weighted by molar-refractivity contribution is 9.10. The van der Waals surface area contributed by atoms with Crippen LogP contribution in [0.5, 0.6) is 0 Å². The van der Waals surface area contributed by atoms with E-state index in [1.54, 1.807) is 24.3 Å². The Hall–Kier alpha value is -2.94. The summed E-state index contributed by atoms with van der Waals surface area (Å²) in [5, 5.41) is 9.44. The minimum absolute atomic E-state index is 0.256. The zero-order chi connectivity index (χ0) is 23.4. The second-order valence-corrected chi connectivity index (χ2v) is 9.47. The minimum Gasteiger partial charge on any atom is -0.334 e. The van der Waals surface area contributed by atoms with Gasteiger partial charge in [-0.15, -0.1) is 0 Å². The van der Waals surface area contributed by atoms with Crippen LogP contribution in [0.2, 0.25) is 5.02 Å². The summed E-state index contributed by atoms with van der Waals surface area (Å²) in [6.45, 7) is 2.39. The maximum Gasteiger partial charge on any atom is 0.321 e. The first-order valence-corrected chi connectivity index (χ1v) is 12.2. The molecular formula is C24H20BrClN4O2S. The molecule has 4 aromatic rings. The third kappa shape index (κ3) is 5.52. The van der Waals surface area contributed by atoms with Crippen molar-refractivity contribution in [3.05, 3.63) is 86.8 Å². The lowest BCUT2D eigenvalue weighted by molar-refractivity contribution is 0.102. The van der Waals surface area contributed by atoms with E-state index < -0.39 is 0 Å². The Bertz CT molecular complexity index is 1340. The number of nitrogens with zero attached hydrogens (tertiary/aromatic N) is 1. The van der Waals surface area contributed by atoms with E-state index in [0.29, 0.717) is 33.5 Å². The normalized spacial score (nSPS) is 10.8. The first-order chi connectivity index (χ1) is 15.9. The highest BCUT2D eigenvalue weighted by atomic mass is 79.9. The van der Waals surface area contributed by atoms with Gasteiger partial charge in [0, 0.05) is 16.6 Å². The summed E-state index contributed by atoms with van der Waals surface area (Å²) in [5.41, 5.74) is 3.75. The molecular weight excluding hydrogens is 524 g/mol. The van der Waals surface area contributed by atoms with Crippen molar-refractivity contribution in [1.82, 2.24) is 10.3 Å². The zero-order valence-electron chi connectivity index (χ0n) is 17.6. The molecule has 3 aromatic carbocycles. The van der Waals surface area contributed by atoms with Gasteiger partial charge in [0.05, 0.1) is 20.9 Å². The summed E-state index contributed by atoms with van der Waals surface area (Å²) in [6.07, 6.45) is 0.752. The molecule has 9 heteroatoms. The highest BCUT2D eigenvalue weighted by Crippen LogP contribution is 2.29. The van der Waals surface area contributed by atoms with Gasteiger partial charge in [-0.2, -0.15) is 0 Å². The average Bonchev–Trinajstić information content (AvgIpc) is 3.21. The van der Waals surface area contributed by atoms with Crippen molar-refractivity contribution in [3.63, 3.8) is 0 Å². The molecule has 33 heavy (non-hydrogen) atoms. The molecule has 1 heterocycles. The van der Waals surface area contributed by atoms with E-state index in [-0.39, 0.29) is 11.9 Å². The third-order valence-corrected chi connectivity index (χ3v) is 7.01. The van der Waals surface area contributed by atoms with Crippen molar-refractivity contribution in [2.45, 2.75) is 19.9 Å². The van der Waals surface area contributed by atoms with Crippen LogP contribution >= 0.6 is 38.9 Å². The molecule has 4 rings (SSSR count). The Morgan fingerprint density at radius 2 is 1.82 bits per heavy atom. The molecule has 0 bridgehead atoms. The molecule has 0 radical (unpaired) electrons. The Morgan fingerprint density at radius 3 is 2.61 bits per heavy atom. The molecule has 0 saturated heterocycles. The van der Waals surface area contributed by atoms with Crippen LogP contribution in [-0.2, 0) is 13.0 Å². The smallest absolute Gasteiger partial charge is 0.321 e. The summed E-state index contributed by atoms with van der Waals surface area (Å²) in [7, 11) is 0. The van der Waals surface area contributed by atoms with Crippen LogP contribution < -0.4 is 16.0 Å². The number of amides is 3. The maximum absolute atomic E-state index is 12.8. The molecule has 0 saturated carbocycles. The van der Waals surface area contributed by atoms with E-state index in [9.17, 15) is 9.59 Å². The van der Waals surface area contributed by atoms with Gasteiger partial charge in [0.2, 0.25) is 0 Å². The van der Waals surface area contributed by atoms with Crippen molar-refractivity contribution in [3.8, 4) is 0 Å². The van der Waals surface area contributed by atoms with Crippen molar-refractivity contribution in [2.24, 2.45) is 0 Å². The van der Waals surface area contributed by atoms with Crippen molar-refractivity contribution in [1.29, 1.82) is 0 Å². The number of thiazole rings is 1. The fraction of sp³-hybridized carbons (Fsp3) is 0.125. The Balaban J connectivity index is 1.44. The van der Waals surface area contributed by atoms with Crippen molar-refractivity contribution >= 4 is 71.8 Å². The molecule has 0 fully saturated rings. The Labute approximate surface area is 208 Å². The third-order valence-electron chi connectivity index (χ3n) is 4.99. The van der Waals surface area contributed by atoms with Crippen LogP contribution in [0, 0.1) is 0 Å². The maximum atomic E-state index is 12.8. The lowest BCUT2D eigenvalue weighted by atomic mass is 10.1. The monoisotopic (exact) mass is 542 g/mol. The van der Waals surface area contributed by atoms with Gasteiger partial charge in [-0.1, -0.05) is 76.1 Å². The predicted octanol–water partition coefficient (Wildman–Crippen LogP) is 6.85. The summed E-state index contributed by atoms with van der Waals surface area (Å²) in [4.78, 5) is 29.6. The molecule has 1 aromatic heterocycles. The second kappa shape index (κ2) is 10.3. The van der Waals surface area contributed by atoms with Crippen LogP contribution in [0.25, 0.3) is 10.2 Å². The van der Waals surface area contributed by atoms with Crippen LogP contribution in [-0.4, -0.2) is 16.9 Å². The van der Waals surface area contributed by atoms with Crippen molar-refractivity contribution < 1.29 is 9.59 Å². The van der Waals surface area contributed by atoms with Gasteiger partial charge in [-0.3, -0.25) is 10.1 Å². The number of hydrogen-bond donors (Lipinski definition) is 3. The number of halogens is 2. The summed E-state index contributed by atoms with van der Waals surface area (Å²) in [5.74, 6) is -0.256. The van der Waals surface area contributed by atoms with Crippen LogP contribution in [0.1, 0.15) is 28.4 Å². The van der Waals surface area contributed by atoms with Gasteiger partial charge < -0.3 is 10.6 Å². The number of fused-ring (bicyclic) bond motifs is 1. The molecule has 168 valence electrons. The van der Waals surface area contributed by atoms with Gasteiger partial charge in [-0.05, 0) is 47.9 Å². The predicted molar refractivity (Wildman–Crippen MR) is 138 cm³/mol. The standard InChI is InChI=1S/C24H20BrClN4O2S/c1-2-14-7-5-9-18(26)21(14)29-22(31)15-10-11-19-20(12-15)33-24(28-19)30-23(32)27-13-16-6-3-4-8-17(16)25/h3-12H,2,13H2,1H3,(H,29,31)(H2,27,28,30,32). The van der Waals surface area contributed by atoms with Crippen LogP contribution in [0.3, 0.4) is 0 Å². The number of anilines is 2. The molecule has 0 aliphatic heterocycles. The molecule has 0 aliphatic carbocycles. The van der Waals surface area contributed by atoms with E-state index in [1.807, 2.05) is 43.3 Å². The van der Waals surface area contributed by atoms with Crippen LogP contribution in [0.4, 0.5) is 15.6 Å². The summed E-state index contributed by atoms with van der Waals surface area (Å²) in [6, 6.07) is 18.1. The van der Waals surface area contributed by atoms with Gasteiger partial charge >= 0.3 is 6.03 Å². The van der Waals surface area contributed by atoms with Crippen molar-refractivity contribution in [2.75, 3.05) is 10.6 Å². The summed E-state index contributed by atoms with van der Waals surface area (Å²) >= 11 is 11.1. The molecule has 6 nitrogen and oxygen atoms in total. The largest absolute Gasteiger partial charge is 0.334 e. The average molecular weight is 544 g/mol. The van der Waals surface area contributed by atoms with Gasteiger partial charge in [-0.25, -0.2) is 9.78 Å². The minimum atomic E-state index is -0.353. The van der Waals surface area contributed by atoms with E-state index in [0.717, 1.165) is 26.7 Å². The number of urea groups is 1. The molecule has 0 atom stereocenters.